The van der Waals surface area contributed by atoms with Gasteiger partial charge in [0, 0.05) is 12.3 Å². The van der Waals surface area contributed by atoms with Gasteiger partial charge in [-0.1, -0.05) is 0 Å². The molecule has 8 heteroatoms. The molecule has 132 valence electrons. The van der Waals surface area contributed by atoms with Crippen molar-refractivity contribution in [1.29, 1.82) is 0 Å². The van der Waals surface area contributed by atoms with E-state index in [4.69, 9.17) is 4.42 Å². The third kappa shape index (κ3) is 2.38. The molecule has 3 aromatic rings. The van der Waals surface area contributed by atoms with Crippen LogP contribution in [0, 0.1) is 6.92 Å². The standard InChI is InChI=1S/C18H16N4O4/c1-11-5-6-21-14(8-11)19-12(9-15(21)23)10-22-16(24)18(2,20-17(22)25)13-4-3-7-26-13/h3-9H,10H2,1-2H3,(H,20,25)/t18-/m1/s1. The molecular formula is C18H16N4O4. The summed E-state index contributed by atoms with van der Waals surface area (Å²) in [6.45, 7) is 3.38. The lowest BCUT2D eigenvalue weighted by Crippen LogP contribution is -2.40. The summed E-state index contributed by atoms with van der Waals surface area (Å²) in [5, 5.41) is 2.65. The summed E-state index contributed by atoms with van der Waals surface area (Å²) in [6, 6.07) is 7.62. The van der Waals surface area contributed by atoms with Crippen molar-refractivity contribution in [2.45, 2.75) is 25.9 Å². The average molecular weight is 352 g/mol. The number of imide groups is 1. The summed E-state index contributed by atoms with van der Waals surface area (Å²) in [5.74, 6) is -0.107. The molecule has 1 saturated heterocycles. The molecule has 4 rings (SSSR count). The van der Waals surface area contributed by atoms with Crippen LogP contribution < -0.4 is 10.9 Å². The van der Waals surface area contributed by atoms with Crippen molar-refractivity contribution in [2.24, 2.45) is 0 Å². The zero-order chi connectivity index (χ0) is 18.5. The molecule has 8 nitrogen and oxygen atoms in total. The van der Waals surface area contributed by atoms with Gasteiger partial charge in [-0.15, -0.1) is 0 Å². The average Bonchev–Trinajstić information content (AvgIpc) is 3.19. The minimum Gasteiger partial charge on any atom is -0.466 e. The molecule has 0 unspecified atom stereocenters. The number of amides is 3. The lowest BCUT2D eigenvalue weighted by Gasteiger charge is -2.18. The van der Waals surface area contributed by atoms with Crippen LogP contribution in [0.15, 0.2) is 52.0 Å². The second-order valence-corrected chi connectivity index (χ2v) is 6.44. The van der Waals surface area contributed by atoms with E-state index in [9.17, 15) is 14.4 Å². The first-order chi connectivity index (χ1) is 12.4. The normalized spacial score (nSPS) is 20.0. The monoisotopic (exact) mass is 352 g/mol. The van der Waals surface area contributed by atoms with Crippen molar-refractivity contribution in [3.8, 4) is 0 Å². The molecule has 4 heterocycles. The molecule has 0 spiro atoms. The van der Waals surface area contributed by atoms with Gasteiger partial charge in [-0.3, -0.25) is 18.9 Å². The number of nitrogens with zero attached hydrogens (tertiary/aromatic N) is 3. The number of urea groups is 1. The van der Waals surface area contributed by atoms with Crippen LogP contribution in [0.2, 0.25) is 0 Å². The summed E-state index contributed by atoms with van der Waals surface area (Å²) in [5.41, 5.74) is 0.213. The topological polar surface area (TPSA) is 96.9 Å². The van der Waals surface area contributed by atoms with E-state index in [2.05, 4.69) is 10.3 Å². The number of hydrogen-bond acceptors (Lipinski definition) is 5. The second-order valence-electron chi connectivity index (χ2n) is 6.44. The highest BCUT2D eigenvalue weighted by Gasteiger charge is 2.51. The Morgan fingerprint density at radius 2 is 2.04 bits per heavy atom. The highest BCUT2D eigenvalue weighted by atomic mass is 16.3. The first kappa shape index (κ1) is 16.1. The van der Waals surface area contributed by atoms with Crippen LogP contribution in [0.3, 0.4) is 0 Å². The number of aryl methyl sites for hydroxylation is 1. The smallest absolute Gasteiger partial charge is 0.325 e. The zero-order valence-corrected chi connectivity index (χ0v) is 14.2. The van der Waals surface area contributed by atoms with E-state index in [0.29, 0.717) is 17.1 Å². The number of rotatable bonds is 3. The molecule has 0 aliphatic carbocycles. The Kier molecular flexibility index (Phi) is 3.43. The van der Waals surface area contributed by atoms with Gasteiger partial charge >= 0.3 is 6.03 Å². The number of carbonyl (C=O) groups excluding carboxylic acids is 2. The number of fused-ring (bicyclic) bond motifs is 1. The molecule has 0 radical (unpaired) electrons. The van der Waals surface area contributed by atoms with Crippen LogP contribution in [-0.4, -0.2) is 26.2 Å². The van der Waals surface area contributed by atoms with Gasteiger partial charge in [-0.05, 0) is 43.7 Å². The number of aromatic nitrogens is 2. The summed E-state index contributed by atoms with van der Waals surface area (Å²) in [6.07, 6.45) is 3.09. The molecule has 1 aliphatic heterocycles. The van der Waals surface area contributed by atoms with E-state index < -0.39 is 17.5 Å². The van der Waals surface area contributed by atoms with Gasteiger partial charge in [0.2, 0.25) is 0 Å². The zero-order valence-electron chi connectivity index (χ0n) is 14.2. The maximum atomic E-state index is 12.8. The van der Waals surface area contributed by atoms with Crippen molar-refractivity contribution in [3.05, 3.63) is 70.2 Å². The summed E-state index contributed by atoms with van der Waals surface area (Å²) < 4.78 is 6.71. The van der Waals surface area contributed by atoms with Crippen molar-refractivity contribution in [2.75, 3.05) is 0 Å². The van der Waals surface area contributed by atoms with E-state index >= 15 is 0 Å². The van der Waals surface area contributed by atoms with E-state index in [-0.39, 0.29) is 12.1 Å². The van der Waals surface area contributed by atoms with Crippen molar-refractivity contribution in [3.63, 3.8) is 0 Å². The molecule has 1 aliphatic rings. The highest BCUT2D eigenvalue weighted by molar-refractivity contribution is 6.06. The van der Waals surface area contributed by atoms with Gasteiger partial charge in [0.1, 0.15) is 11.4 Å². The summed E-state index contributed by atoms with van der Waals surface area (Å²) in [7, 11) is 0. The lowest BCUT2D eigenvalue weighted by molar-refractivity contribution is -0.132. The SMILES string of the molecule is Cc1ccn2c(=O)cc(CN3C(=O)N[C@](C)(c4ccco4)C3=O)nc2c1. The van der Waals surface area contributed by atoms with Gasteiger partial charge in [0.25, 0.3) is 11.5 Å². The van der Waals surface area contributed by atoms with Gasteiger partial charge in [-0.25, -0.2) is 9.78 Å². The third-order valence-electron chi connectivity index (χ3n) is 4.48. The highest BCUT2D eigenvalue weighted by Crippen LogP contribution is 2.29. The molecule has 1 fully saturated rings. The molecule has 0 bridgehead atoms. The Morgan fingerprint density at radius 1 is 1.23 bits per heavy atom. The molecule has 0 aromatic carbocycles. The van der Waals surface area contributed by atoms with Crippen molar-refractivity contribution < 1.29 is 14.0 Å². The Bertz CT molecular complexity index is 1090. The molecular weight excluding hydrogens is 336 g/mol. The largest absolute Gasteiger partial charge is 0.466 e. The van der Waals surface area contributed by atoms with Gasteiger partial charge in [0.15, 0.2) is 5.54 Å². The molecule has 3 amide bonds. The summed E-state index contributed by atoms with van der Waals surface area (Å²) >= 11 is 0. The predicted molar refractivity (Wildman–Crippen MR) is 91.3 cm³/mol. The van der Waals surface area contributed by atoms with Crippen molar-refractivity contribution in [1.82, 2.24) is 19.6 Å². The maximum Gasteiger partial charge on any atom is 0.325 e. The van der Waals surface area contributed by atoms with E-state index in [1.807, 2.05) is 13.0 Å². The van der Waals surface area contributed by atoms with Crippen LogP contribution in [0.4, 0.5) is 4.79 Å². The third-order valence-corrected chi connectivity index (χ3v) is 4.48. The Hall–Kier alpha value is -3.42. The van der Waals surface area contributed by atoms with E-state index in [0.717, 1.165) is 10.5 Å². The summed E-state index contributed by atoms with van der Waals surface area (Å²) in [4.78, 5) is 42.9. The Balaban J connectivity index is 1.69. The maximum absolute atomic E-state index is 12.8. The first-order valence-electron chi connectivity index (χ1n) is 8.05. The minimum absolute atomic E-state index is 0.0966. The molecule has 0 saturated carbocycles. The molecule has 1 N–H and O–H groups in total. The Labute approximate surface area is 148 Å². The molecule has 3 aromatic heterocycles. The van der Waals surface area contributed by atoms with Crippen molar-refractivity contribution >= 4 is 17.6 Å². The number of furan rings is 1. The van der Waals surface area contributed by atoms with E-state index in [1.165, 1.54) is 16.7 Å². The number of pyridine rings is 1. The van der Waals surface area contributed by atoms with Crippen LogP contribution in [0.1, 0.15) is 23.9 Å². The fourth-order valence-electron chi connectivity index (χ4n) is 3.07. The molecule has 26 heavy (non-hydrogen) atoms. The predicted octanol–water partition coefficient (Wildman–Crippen LogP) is 1.56. The second kappa shape index (κ2) is 5.55. The minimum atomic E-state index is -1.27. The van der Waals surface area contributed by atoms with Gasteiger partial charge < -0.3 is 9.73 Å². The first-order valence-corrected chi connectivity index (χ1v) is 8.05. The van der Waals surface area contributed by atoms with Crippen LogP contribution in [0.25, 0.3) is 5.65 Å². The van der Waals surface area contributed by atoms with Crippen LogP contribution in [0.5, 0.6) is 0 Å². The lowest BCUT2D eigenvalue weighted by atomic mass is 9.99. The molecule has 1 atom stereocenters. The fourth-order valence-corrected chi connectivity index (χ4v) is 3.07. The quantitative estimate of drug-likeness (QED) is 0.722. The Morgan fingerprint density at radius 3 is 2.77 bits per heavy atom. The number of nitrogens with one attached hydrogen (secondary N) is 1. The van der Waals surface area contributed by atoms with Crippen LogP contribution >= 0.6 is 0 Å². The van der Waals surface area contributed by atoms with Gasteiger partial charge in [-0.2, -0.15) is 0 Å². The number of hydrogen-bond donors (Lipinski definition) is 1. The fraction of sp³-hybridized carbons (Fsp3) is 0.222. The van der Waals surface area contributed by atoms with E-state index in [1.54, 1.807) is 31.3 Å². The van der Waals surface area contributed by atoms with Crippen LogP contribution in [-0.2, 0) is 16.9 Å². The van der Waals surface area contributed by atoms with Gasteiger partial charge in [0.05, 0.1) is 18.5 Å². The number of carbonyl (C=O) groups is 2.